The Labute approximate surface area is 135 Å². The highest BCUT2D eigenvalue weighted by Crippen LogP contribution is 2.22. The van der Waals surface area contributed by atoms with E-state index in [0.29, 0.717) is 6.04 Å². The Balaban J connectivity index is 2.10. The SMILES string of the molecule is CCC(NC)c1ccc(N(C)Cc2ccccc2Br)cn1. The Hall–Kier alpha value is -1.39. The van der Waals surface area contributed by atoms with Gasteiger partial charge in [-0.1, -0.05) is 41.1 Å². The van der Waals surface area contributed by atoms with Crippen LogP contribution in [0.4, 0.5) is 5.69 Å². The molecule has 0 aliphatic carbocycles. The van der Waals surface area contributed by atoms with Crippen LogP contribution in [0, 0.1) is 0 Å². The fraction of sp³-hybridized carbons (Fsp3) is 0.353. The molecule has 2 aromatic rings. The molecule has 3 nitrogen and oxygen atoms in total. The molecular weight excluding hydrogens is 326 g/mol. The number of halogens is 1. The third-order valence-electron chi connectivity index (χ3n) is 3.69. The summed E-state index contributed by atoms with van der Waals surface area (Å²) in [5, 5.41) is 3.28. The quantitative estimate of drug-likeness (QED) is 0.850. The number of anilines is 1. The van der Waals surface area contributed by atoms with Crippen LogP contribution in [0.1, 0.15) is 30.6 Å². The summed E-state index contributed by atoms with van der Waals surface area (Å²) in [6, 6.07) is 12.9. The van der Waals surface area contributed by atoms with Crippen LogP contribution in [0.25, 0.3) is 0 Å². The Bertz CT molecular complexity index is 565. The summed E-state index contributed by atoms with van der Waals surface area (Å²) >= 11 is 3.60. The van der Waals surface area contributed by atoms with Gasteiger partial charge in [-0.2, -0.15) is 0 Å². The molecule has 21 heavy (non-hydrogen) atoms. The lowest BCUT2D eigenvalue weighted by molar-refractivity contribution is 0.561. The molecule has 0 amide bonds. The van der Waals surface area contributed by atoms with Gasteiger partial charge in [0.05, 0.1) is 17.6 Å². The van der Waals surface area contributed by atoms with Crippen LogP contribution >= 0.6 is 15.9 Å². The minimum Gasteiger partial charge on any atom is -0.369 e. The number of benzene rings is 1. The van der Waals surface area contributed by atoms with E-state index in [1.807, 2.05) is 19.3 Å². The first-order valence-electron chi connectivity index (χ1n) is 7.23. The van der Waals surface area contributed by atoms with Crippen molar-refractivity contribution in [1.29, 1.82) is 0 Å². The van der Waals surface area contributed by atoms with E-state index in [0.717, 1.165) is 28.8 Å². The minimum atomic E-state index is 0.327. The largest absolute Gasteiger partial charge is 0.369 e. The molecule has 2 rings (SSSR count). The zero-order valence-corrected chi connectivity index (χ0v) is 14.4. The van der Waals surface area contributed by atoms with E-state index in [1.165, 1.54) is 5.56 Å². The van der Waals surface area contributed by atoms with Crippen molar-refractivity contribution in [2.75, 3.05) is 19.0 Å². The smallest absolute Gasteiger partial charge is 0.0574 e. The lowest BCUT2D eigenvalue weighted by Crippen LogP contribution is -2.19. The number of nitrogens with one attached hydrogen (secondary N) is 1. The maximum absolute atomic E-state index is 4.59. The number of rotatable bonds is 6. The first-order chi connectivity index (χ1) is 10.2. The number of nitrogens with zero attached hydrogens (tertiary/aromatic N) is 2. The predicted molar refractivity (Wildman–Crippen MR) is 92.6 cm³/mol. The highest BCUT2D eigenvalue weighted by molar-refractivity contribution is 9.10. The fourth-order valence-electron chi connectivity index (χ4n) is 2.36. The van der Waals surface area contributed by atoms with Gasteiger partial charge < -0.3 is 10.2 Å². The lowest BCUT2D eigenvalue weighted by atomic mass is 10.1. The van der Waals surface area contributed by atoms with Gasteiger partial charge in [0.15, 0.2) is 0 Å². The molecule has 1 aromatic carbocycles. The normalized spacial score (nSPS) is 12.2. The molecule has 1 N–H and O–H groups in total. The van der Waals surface area contributed by atoms with E-state index in [4.69, 9.17) is 0 Å². The summed E-state index contributed by atoms with van der Waals surface area (Å²) in [7, 11) is 4.06. The van der Waals surface area contributed by atoms with Gasteiger partial charge in [0.1, 0.15) is 0 Å². The van der Waals surface area contributed by atoms with E-state index in [9.17, 15) is 0 Å². The Morgan fingerprint density at radius 3 is 2.57 bits per heavy atom. The summed E-state index contributed by atoms with van der Waals surface area (Å²) in [6.45, 7) is 3.02. The van der Waals surface area contributed by atoms with Crippen LogP contribution in [0.3, 0.4) is 0 Å². The van der Waals surface area contributed by atoms with Crippen molar-refractivity contribution in [3.8, 4) is 0 Å². The van der Waals surface area contributed by atoms with Crippen LogP contribution in [0.2, 0.25) is 0 Å². The van der Waals surface area contributed by atoms with Crippen molar-refractivity contribution in [2.45, 2.75) is 25.9 Å². The maximum atomic E-state index is 4.59. The minimum absolute atomic E-state index is 0.327. The first kappa shape index (κ1) is 16.0. The second-order valence-electron chi connectivity index (χ2n) is 5.14. The molecule has 1 atom stereocenters. The summed E-state index contributed by atoms with van der Waals surface area (Å²) in [5.41, 5.74) is 3.49. The van der Waals surface area contributed by atoms with Crippen molar-refractivity contribution in [3.63, 3.8) is 0 Å². The predicted octanol–water partition coefficient (Wildman–Crippen LogP) is 4.15. The average Bonchev–Trinajstić information content (AvgIpc) is 2.51. The Kier molecular flexibility index (Phi) is 5.76. The van der Waals surface area contributed by atoms with Gasteiger partial charge in [-0.05, 0) is 37.2 Å². The van der Waals surface area contributed by atoms with Gasteiger partial charge in [-0.3, -0.25) is 4.98 Å². The van der Waals surface area contributed by atoms with E-state index in [2.05, 4.69) is 75.4 Å². The number of hydrogen-bond donors (Lipinski definition) is 1. The highest BCUT2D eigenvalue weighted by atomic mass is 79.9. The van der Waals surface area contributed by atoms with Crippen molar-refractivity contribution < 1.29 is 0 Å². The molecule has 0 spiro atoms. The van der Waals surface area contributed by atoms with Gasteiger partial charge in [0.25, 0.3) is 0 Å². The third-order valence-corrected chi connectivity index (χ3v) is 4.46. The molecule has 0 radical (unpaired) electrons. The second-order valence-corrected chi connectivity index (χ2v) is 5.99. The van der Waals surface area contributed by atoms with Crippen LogP contribution in [-0.4, -0.2) is 19.1 Å². The fourth-order valence-corrected chi connectivity index (χ4v) is 2.77. The summed E-state index contributed by atoms with van der Waals surface area (Å²) in [4.78, 5) is 6.80. The lowest BCUT2D eigenvalue weighted by Gasteiger charge is -2.21. The van der Waals surface area contributed by atoms with Gasteiger partial charge in [0.2, 0.25) is 0 Å². The van der Waals surface area contributed by atoms with E-state index in [-0.39, 0.29) is 0 Å². The van der Waals surface area contributed by atoms with Crippen molar-refractivity contribution >= 4 is 21.6 Å². The molecule has 0 saturated carbocycles. The van der Waals surface area contributed by atoms with Crippen molar-refractivity contribution in [2.24, 2.45) is 0 Å². The van der Waals surface area contributed by atoms with Crippen LogP contribution in [-0.2, 0) is 6.54 Å². The highest BCUT2D eigenvalue weighted by Gasteiger charge is 2.09. The molecule has 4 heteroatoms. The molecule has 0 aliphatic heterocycles. The maximum Gasteiger partial charge on any atom is 0.0574 e. The van der Waals surface area contributed by atoms with Crippen molar-refractivity contribution in [1.82, 2.24) is 10.3 Å². The zero-order chi connectivity index (χ0) is 15.2. The summed E-state index contributed by atoms with van der Waals surface area (Å²) in [5.74, 6) is 0. The Morgan fingerprint density at radius 2 is 2.00 bits per heavy atom. The first-order valence-corrected chi connectivity index (χ1v) is 8.02. The van der Waals surface area contributed by atoms with Crippen molar-refractivity contribution in [3.05, 3.63) is 58.3 Å². The van der Waals surface area contributed by atoms with E-state index in [1.54, 1.807) is 0 Å². The molecule has 1 heterocycles. The van der Waals surface area contributed by atoms with Gasteiger partial charge >= 0.3 is 0 Å². The molecule has 0 fully saturated rings. The zero-order valence-electron chi connectivity index (χ0n) is 12.8. The molecule has 0 aliphatic rings. The van der Waals surface area contributed by atoms with Crippen LogP contribution in [0.5, 0.6) is 0 Å². The summed E-state index contributed by atoms with van der Waals surface area (Å²) in [6.07, 6.45) is 2.99. The van der Waals surface area contributed by atoms with Crippen LogP contribution < -0.4 is 10.2 Å². The van der Waals surface area contributed by atoms with Gasteiger partial charge in [-0.25, -0.2) is 0 Å². The number of hydrogen-bond acceptors (Lipinski definition) is 3. The molecule has 0 bridgehead atoms. The number of aromatic nitrogens is 1. The van der Waals surface area contributed by atoms with Gasteiger partial charge in [0, 0.05) is 24.1 Å². The third kappa shape index (κ3) is 4.05. The Morgan fingerprint density at radius 1 is 1.24 bits per heavy atom. The second kappa shape index (κ2) is 7.57. The molecular formula is C17H22BrN3. The number of pyridine rings is 1. The van der Waals surface area contributed by atoms with Gasteiger partial charge in [-0.15, -0.1) is 0 Å². The molecule has 112 valence electrons. The topological polar surface area (TPSA) is 28.2 Å². The molecule has 0 saturated heterocycles. The molecule has 1 aromatic heterocycles. The summed E-state index contributed by atoms with van der Waals surface area (Å²) < 4.78 is 1.14. The van der Waals surface area contributed by atoms with E-state index >= 15 is 0 Å². The molecule has 1 unspecified atom stereocenters. The van der Waals surface area contributed by atoms with E-state index < -0.39 is 0 Å². The monoisotopic (exact) mass is 347 g/mol. The van der Waals surface area contributed by atoms with Crippen LogP contribution in [0.15, 0.2) is 47.1 Å². The standard InChI is InChI=1S/C17H22BrN3/c1-4-16(19-2)17-10-9-14(11-20-17)21(3)12-13-7-5-6-8-15(13)18/h5-11,16,19H,4,12H2,1-3H3. The average molecular weight is 348 g/mol.